The van der Waals surface area contributed by atoms with Crippen molar-refractivity contribution < 1.29 is 12.8 Å². The Morgan fingerprint density at radius 2 is 1.66 bits per heavy atom. The van der Waals surface area contributed by atoms with Gasteiger partial charge in [-0.25, -0.2) is 8.42 Å². The van der Waals surface area contributed by atoms with E-state index >= 15 is 0 Å². The van der Waals surface area contributed by atoms with E-state index in [0.29, 0.717) is 36.3 Å². The fraction of sp³-hybridized carbons (Fsp3) is 0.333. The molecule has 1 aromatic heterocycles. The van der Waals surface area contributed by atoms with E-state index < -0.39 is 10.0 Å². The molecule has 0 saturated carbocycles. The van der Waals surface area contributed by atoms with Crippen molar-refractivity contribution in [1.29, 1.82) is 0 Å². The summed E-state index contributed by atoms with van der Waals surface area (Å²) in [7, 11) is -3.44. The first kappa shape index (κ1) is 21.2. The Morgan fingerprint density at radius 1 is 1.00 bits per heavy atom. The molecule has 1 N–H and O–H groups in total. The van der Waals surface area contributed by atoms with Gasteiger partial charge in [0.25, 0.3) is 0 Å². The highest BCUT2D eigenvalue weighted by Crippen LogP contribution is 2.20. The minimum absolute atomic E-state index is 0.00715. The Labute approximate surface area is 171 Å². The number of sulfonamides is 1. The third-order valence-electron chi connectivity index (χ3n) is 4.77. The average molecular weight is 415 g/mol. The van der Waals surface area contributed by atoms with Gasteiger partial charge in [-0.15, -0.1) is 10.2 Å². The van der Waals surface area contributed by atoms with Crippen molar-refractivity contribution in [2.24, 2.45) is 0 Å². The molecule has 0 aliphatic carbocycles. The van der Waals surface area contributed by atoms with Gasteiger partial charge in [-0.1, -0.05) is 44.2 Å². The maximum Gasteiger partial charge on any atom is 0.247 e. The third kappa shape index (κ3) is 4.90. The zero-order chi connectivity index (χ0) is 20.9. The van der Waals surface area contributed by atoms with E-state index in [2.05, 4.69) is 15.5 Å². The first-order chi connectivity index (χ1) is 14.0. The molecule has 2 aromatic carbocycles. The second kappa shape index (κ2) is 9.30. The molecule has 154 valence electrons. The number of hydrogen-bond donors (Lipinski definition) is 1. The van der Waals surface area contributed by atoms with Crippen LogP contribution in [0, 0.1) is 0 Å². The second-order valence-electron chi connectivity index (χ2n) is 6.63. The van der Waals surface area contributed by atoms with Gasteiger partial charge in [0.1, 0.15) is 0 Å². The molecule has 1 unspecified atom stereocenters. The van der Waals surface area contributed by atoms with Crippen molar-refractivity contribution in [3.63, 3.8) is 0 Å². The molecule has 0 fully saturated rings. The molecule has 0 radical (unpaired) electrons. The Morgan fingerprint density at radius 3 is 2.28 bits per heavy atom. The minimum atomic E-state index is -3.44. The van der Waals surface area contributed by atoms with Gasteiger partial charge >= 0.3 is 0 Å². The molecular weight excluding hydrogens is 388 g/mol. The quantitative estimate of drug-likeness (QED) is 0.575. The summed E-state index contributed by atoms with van der Waals surface area (Å²) in [6, 6.07) is 16.6. The summed E-state index contributed by atoms with van der Waals surface area (Å²) in [5, 5.41) is 11.5. The van der Waals surface area contributed by atoms with E-state index in [1.54, 1.807) is 12.1 Å². The molecule has 0 aliphatic heterocycles. The van der Waals surface area contributed by atoms with Gasteiger partial charge in [0.2, 0.25) is 21.8 Å². The molecule has 1 heterocycles. The highest BCUT2D eigenvalue weighted by Gasteiger charge is 2.21. The van der Waals surface area contributed by atoms with E-state index in [4.69, 9.17) is 4.42 Å². The normalized spacial score (nSPS) is 13.0. The molecule has 1 atom stereocenters. The lowest BCUT2D eigenvalue weighted by Crippen LogP contribution is -2.30. The molecule has 3 rings (SSSR count). The Bertz CT molecular complexity index is 1010. The van der Waals surface area contributed by atoms with Crippen LogP contribution in [0.2, 0.25) is 0 Å². The minimum Gasteiger partial charge on any atom is -0.419 e. The van der Waals surface area contributed by atoms with E-state index in [9.17, 15) is 8.42 Å². The van der Waals surface area contributed by atoms with E-state index in [1.165, 1.54) is 4.31 Å². The molecule has 0 saturated heterocycles. The van der Waals surface area contributed by atoms with Crippen LogP contribution >= 0.6 is 0 Å². The largest absolute Gasteiger partial charge is 0.419 e. The number of rotatable bonds is 9. The molecule has 7 nitrogen and oxygen atoms in total. The summed E-state index contributed by atoms with van der Waals surface area (Å²) in [5.74, 6) is 0.984. The molecule has 0 bridgehead atoms. The Hall–Kier alpha value is -2.55. The highest BCUT2D eigenvalue weighted by molar-refractivity contribution is 7.89. The summed E-state index contributed by atoms with van der Waals surface area (Å²) in [5.41, 5.74) is 1.86. The number of nitrogens with one attached hydrogen (secondary N) is 1. The van der Waals surface area contributed by atoms with Crippen LogP contribution in [0.4, 0.5) is 0 Å². The number of nitrogens with zero attached hydrogens (tertiary/aromatic N) is 3. The summed E-state index contributed by atoms with van der Waals surface area (Å²) in [6.07, 6.45) is 0. The predicted octanol–water partition coefficient (Wildman–Crippen LogP) is 3.62. The summed E-state index contributed by atoms with van der Waals surface area (Å²) < 4.78 is 32.3. The molecule has 0 aliphatic rings. The molecule has 0 spiro atoms. The lowest BCUT2D eigenvalue weighted by atomic mass is 10.1. The molecular formula is C21H26N4O3S. The number of benzene rings is 2. The van der Waals surface area contributed by atoms with Crippen molar-refractivity contribution >= 4 is 10.0 Å². The van der Waals surface area contributed by atoms with Crippen molar-refractivity contribution in [3.8, 4) is 11.5 Å². The number of hydrogen-bond acceptors (Lipinski definition) is 6. The summed E-state index contributed by atoms with van der Waals surface area (Å²) >= 11 is 0. The van der Waals surface area contributed by atoms with Gasteiger partial charge in [-0.05, 0) is 36.8 Å². The molecule has 0 amide bonds. The van der Waals surface area contributed by atoms with Gasteiger partial charge in [0.05, 0.1) is 11.4 Å². The van der Waals surface area contributed by atoms with E-state index in [0.717, 1.165) is 11.1 Å². The fourth-order valence-electron chi connectivity index (χ4n) is 3.02. The highest BCUT2D eigenvalue weighted by atomic mass is 32.2. The molecule has 8 heteroatoms. The Kier molecular flexibility index (Phi) is 6.79. The Balaban J connectivity index is 1.63. The first-order valence-electron chi connectivity index (χ1n) is 9.67. The van der Waals surface area contributed by atoms with Crippen LogP contribution in [0.15, 0.2) is 63.9 Å². The molecule has 29 heavy (non-hydrogen) atoms. The topological polar surface area (TPSA) is 88.3 Å². The summed E-state index contributed by atoms with van der Waals surface area (Å²) in [6.45, 7) is 6.99. The van der Waals surface area contributed by atoms with Gasteiger partial charge in [-0.3, -0.25) is 0 Å². The first-order valence-corrected chi connectivity index (χ1v) is 11.1. The average Bonchev–Trinajstić information content (AvgIpc) is 3.22. The second-order valence-corrected chi connectivity index (χ2v) is 8.57. The predicted molar refractivity (Wildman–Crippen MR) is 112 cm³/mol. The van der Waals surface area contributed by atoms with Crippen molar-refractivity contribution in [2.45, 2.75) is 38.3 Å². The van der Waals surface area contributed by atoms with E-state index in [1.807, 2.05) is 63.2 Å². The van der Waals surface area contributed by atoms with Crippen LogP contribution in [0.1, 0.15) is 38.3 Å². The monoisotopic (exact) mass is 414 g/mol. The van der Waals surface area contributed by atoms with Crippen LogP contribution in [0.5, 0.6) is 0 Å². The van der Waals surface area contributed by atoms with Crippen molar-refractivity contribution in [2.75, 3.05) is 13.1 Å². The standard InChI is InChI=1S/C21H26N4O3S/c1-4-25(5-2)29(26,27)19-13-11-17(12-14-19)16(3)22-15-20-23-24-21(28-20)18-9-7-6-8-10-18/h6-14,16,22H,4-5,15H2,1-3H3. The zero-order valence-electron chi connectivity index (χ0n) is 16.9. The van der Waals surface area contributed by atoms with Crippen molar-refractivity contribution in [3.05, 3.63) is 66.1 Å². The van der Waals surface area contributed by atoms with Crippen molar-refractivity contribution in [1.82, 2.24) is 19.8 Å². The van der Waals surface area contributed by atoms with Crippen LogP contribution in [-0.2, 0) is 16.6 Å². The van der Waals surface area contributed by atoms with Gasteiger partial charge in [-0.2, -0.15) is 4.31 Å². The van der Waals surface area contributed by atoms with E-state index in [-0.39, 0.29) is 6.04 Å². The SMILES string of the molecule is CCN(CC)S(=O)(=O)c1ccc(C(C)NCc2nnc(-c3ccccc3)o2)cc1. The van der Waals surface area contributed by atoms with Gasteiger partial charge < -0.3 is 9.73 Å². The fourth-order valence-corrected chi connectivity index (χ4v) is 4.48. The maximum absolute atomic E-state index is 12.6. The lowest BCUT2D eigenvalue weighted by Gasteiger charge is -2.19. The van der Waals surface area contributed by atoms with Gasteiger partial charge in [0, 0.05) is 24.7 Å². The lowest BCUT2D eigenvalue weighted by molar-refractivity contribution is 0.445. The van der Waals surface area contributed by atoms with Crippen LogP contribution in [0.3, 0.4) is 0 Å². The summed E-state index contributed by atoms with van der Waals surface area (Å²) in [4.78, 5) is 0.307. The van der Waals surface area contributed by atoms with Crippen LogP contribution < -0.4 is 5.32 Å². The third-order valence-corrected chi connectivity index (χ3v) is 6.83. The van der Waals surface area contributed by atoms with Crippen LogP contribution in [-0.4, -0.2) is 36.0 Å². The van der Waals surface area contributed by atoms with Crippen LogP contribution in [0.25, 0.3) is 11.5 Å². The molecule has 3 aromatic rings. The van der Waals surface area contributed by atoms with Gasteiger partial charge in [0.15, 0.2) is 0 Å². The maximum atomic E-state index is 12.6. The zero-order valence-corrected chi connectivity index (χ0v) is 17.7. The smallest absolute Gasteiger partial charge is 0.247 e. The number of aromatic nitrogens is 2.